The minimum Gasteiger partial charge on any atom is -0.379 e. The number of morpholine rings is 1. The number of benzene rings is 1. The Morgan fingerprint density at radius 3 is 2.58 bits per heavy atom. The van der Waals surface area contributed by atoms with Crippen LogP contribution in [-0.4, -0.2) is 68.7 Å². The summed E-state index contributed by atoms with van der Waals surface area (Å²) in [5.74, 6) is 0.983. The van der Waals surface area contributed by atoms with Gasteiger partial charge in [-0.2, -0.15) is 0 Å². The molecule has 0 radical (unpaired) electrons. The Balaban J connectivity index is 0.00000338. The summed E-state index contributed by atoms with van der Waals surface area (Å²) in [5, 5.41) is 3.39. The molecule has 2 rings (SSSR count). The average Bonchev–Trinajstić information content (AvgIpc) is 2.63. The fourth-order valence-corrected chi connectivity index (χ4v) is 3.13. The summed E-state index contributed by atoms with van der Waals surface area (Å²) in [6, 6.07) is 8.46. The predicted octanol–water partition coefficient (Wildman–Crippen LogP) is 3.58. The number of ether oxygens (including phenoxy) is 1. The van der Waals surface area contributed by atoms with Crippen LogP contribution in [0.2, 0.25) is 0 Å². The molecule has 148 valence electrons. The molecule has 0 bridgehead atoms. The van der Waals surface area contributed by atoms with Crippen LogP contribution < -0.4 is 5.32 Å². The SMILES string of the molecule is CCNC(=NCCCCN1CCOCC1)N(C)Cc1ccc(Br)cc1.I. The highest BCUT2D eigenvalue weighted by Gasteiger charge is 2.09. The highest BCUT2D eigenvalue weighted by Crippen LogP contribution is 2.12. The third-order valence-electron chi connectivity index (χ3n) is 4.28. The maximum Gasteiger partial charge on any atom is 0.193 e. The van der Waals surface area contributed by atoms with Gasteiger partial charge in [0.15, 0.2) is 5.96 Å². The van der Waals surface area contributed by atoms with E-state index in [0.29, 0.717) is 0 Å². The van der Waals surface area contributed by atoms with Crippen molar-refractivity contribution in [2.75, 3.05) is 53.0 Å². The van der Waals surface area contributed by atoms with Crippen molar-refractivity contribution in [3.05, 3.63) is 34.3 Å². The highest BCUT2D eigenvalue weighted by atomic mass is 127. The Kier molecular flexibility index (Phi) is 12.5. The number of nitrogens with zero attached hydrogens (tertiary/aromatic N) is 3. The van der Waals surface area contributed by atoms with E-state index in [4.69, 9.17) is 9.73 Å². The molecule has 1 aliphatic heterocycles. The topological polar surface area (TPSA) is 40.1 Å². The Labute approximate surface area is 183 Å². The van der Waals surface area contributed by atoms with Gasteiger partial charge in [-0.1, -0.05) is 28.1 Å². The maximum atomic E-state index is 5.39. The van der Waals surface area contributed by atoms with Gasteiger partial charge in [0.1, 0.15) is 0 Å². The second kappa shape index (κ2) is 13.7. The van der Waals surface area contributed by atoms with Crippen LogP contribution in [0.4, 0.5) is 0 Å². The van der Waals surface area contributed by atoms with E-state index in [1.165, 1.54) is 12.0 Å². The van der Waals surface area contributed by atoms with Gasteiger partial charge in [0.05, 0.1) is 13.2 Å². The van der Waals surface area contributed by atoms with Gasteiger partial charge in [-0.3, -0.25) is 9.89 Å². The summed E-state index contributed by atoms with van der Waals surface area (Å²) < 4.78 is 6.50. The largest absolute Gasteiger partial charge is 0.379 e. The standard InChI is InChI=1S/C19H31BrN4O.HI/c1-3-21-19(23(2)16-17-6-8-18(20)9-7-17)22-10-4-5-11-24-12-14-25-15-13-24;/h6-9H,3-5,10-16H2,1-2H3,(H,21,22);1H. The molecule has 1 aromatic carbocycles. The number of nitrogens with one attached hydrogen (secondary N) is 1. The summed E-state index contributed by atoms with van der Waals surface area (Å²) in [7, 11) is 2.09. The average molecular weight is 539 g/mol. The molecule has 0 aromatic heterocycles. The smallest absolute Gasteiger partial charge is 0.193 e. The second-order valence-corrected chi connectivity index (χ2v) is 7.29. The lowest BCUT2D eigenvalue weighted by atomic mass is 10.2. The fourth-order valence-electron chi connectivity index (χ4n) is 2.87. The van der Waals surface area contributed by atoms with Crippen molar-refractivity contribution >= 4 is 45.9 Å². The molecule has 5 nitrogen and oxygen atoms in total. The van der Waals surface area contributed by atoms with E-state index < -0.39 is 0 Å². The molecule has 26 heavy (non-hydrogen) atoms. The van der Waals surface area contributed by atoms with Crippen LogP contribution in [0.5, 0.6) is 0 Å². The van der Waals surface area contributed by atoms with Crippen molar-refractivity contribution in [3.8, 4) is 0 Å². The quantitative estimate of drug-likeness (QED) is 0.238. The van der Waals surface area contributed by atoms with Crippen LogP contribution in [0.25, 0.3) is 0 Å². The van der Waals surface area contributed by atoms with E-state index in [1.54, 1.807) is 0 Å². The lowest BCUT2D eigenvalue weighted by Crippen LogP contribution is -2.38. The Morgan fingerprint density at radius 1 is 1.23 bits per heavy atom. The molecule has 0 saturated carbocycles. The van der Waals surface area contributed by atoms with Crippen molar-refractivity contribution < 1.29 is 4.74 Å². The number of rotatable bonds is 8. The Morgan fingerprint density at radius 2 is 1.92 bits per heavy atom. The van der Waals surface area contributed by atoms with E-state index in [1.807, 2.05) is 0 Å². The molecule has 1 aromatic rings. The Hall–Kier alpha value is -0.380. The highest BCUT2D eigenvalue weighted by molar-refractivity contribution is 14.0. The van der Waals surface area contributed by atoms with Crippen molar-refractivity contribution in [2.24, 2.45) is 4.99 Å². The zero-order chi connectivity index (χ0) is 17.9. The second-order valence-electron chi connectivity index (χ2n) is 6.38. The van der Waals surface area contributed by atoms with Gasteiger partial charge >= 0.3 is 0 Å². The zero-order valence-electron chi connectivity index (χ0n) is 15.9. The molecule has 1 N–H and O–H groups in total. The van der Waals surface area contributed by atoms with Crippen LogP contribution in [0.1, 0.15) is 25.3 Å². The third-order valence-corrected chi connectivity index (χ3v) is 4.81. The summed E-state index contributed by atoms with van der Waals surface area (Å²) in [6.07, 6.45) is 2.32. The van der Waals surface area contributed by atoms with Gasteiger partial charge < -0.3 is 15.0 Å². The molecule has 0 atom stereocenters. The lowest BCUT2D eigenvalue weighted by Gasteiger charge is -2.26. The number of unbranched alkanes of at least 4 members (excludes halogenated alkanes) is 1. The molecular weight excluding hydrogens is 507 g/mol. The molecule has 1 aliphatic rings. The number of aliphatic imine (C=N–C) groups is 1. The lowest BCUT2D eigenvalue weighted by molar-refractivity contribution is 0.0373. The molecule has 1 heterocycles. The van der Waals surface area contributed by atoms with E-state index in [2.05, 4.69) is 69.3 Å². The third kappa shape index (κ3) is 9.01. The van der Waals surface area contributed by atoms with Gasteiger partial charge in [-0.05, 0) is 44.0 Å². The molecule has 0 aliphatic carbocycles. The van der Waals surface area contributed by atoms with Crippen LogP contribution in [-0.2, 0) is 11.3 Å². The summed E-state index contributed by atoms with van der Waals surface area (Å²) in [6.45, 7) is 9.78. The van der Waals surface area contributed by atoms with Crippen LogP contribution in [0, 0.1) is 0 Å². The predicted molar refractivity (Wildman–Crippen MR) is 123 cm³/mol. The first-order valence-corrected chi connectivity index (χ1v) is 10.0. The molecule has 1 saturated heterocycles. The normalized spacial score (nSPS) is 15.4. The van der Waals surface area contributed by atoms with E-state index in [9.17, 15) is 0 Å². The first kappa shape index (κ1) is 23.7. The zero-order valence-corrected chi connectivity index (χ0v) is 19.8. The molecule has 1 fully saturated rings. The van der Waals surface area contributed by atoms with Gasteiger partial charge in [-0.25, -0.2) is 0 Å². The summed E-state index contributed by atoms with van der Waals surface area (Å²) in [4.78, 5) is 9.46. The minimum absolute atomic E-state index is 0. The Bertz CT molecular complexity index is 521. The fraction of sp³-hybridized carbons (Fsp3) is 0.632. The van der Waals surface area contributed by atoms with E-state index >= 15 is 0 Å². The van der Waals surface area contributed by atoms with Crippen molar-refractivity contribution in [2.45, 2.75) is 26.3 Å². The van der Waals surface area contributed by atoms with Gasteiger partial charge in [0.2, 0.25) is 0 Å². The number of guanidine groups is 1. The van der Waals surface area contributed by atoms with Gasteiger partial charge in [0.25, 0.3) is 0 Å². The van der Waals surface area contributed by atoms with E-state index in [-0.39, 0.29) is 24.0 Å². The molecular formula is C19H32BrIN4O. The molecule has 0 spiro atoms. The van der Waals surface area contributed by atoms with Crippen molar-refractivity contribution in [1.29, 1.82) is 0 Å². The monoisotopic (exact) mass is 538 g/mol. The van der Waals surface area contributed by atoms with Gasteiger partial charge in [0, 0.05) is 44.2 Å². The van der Waals surface area contributed by atoms with E-state index in [0.717, 1.165) is 69.3 Å². The van der Waals surface area contributed by atoms with Crippen LogP contribution >= 0.6 is 39.9 Å². The number of hydrogen-bond donors (Lipinski definition) is 1. The summed E-state index contributed by atoms with van der Waals surface area (Å²) in [5.41, 5.74) is 1.28. The number of hydrogen-bond acceptors (Lipinski definition) is 3. The molecule has 7 heteroatoms. The molecule has 0 unspecified atom stereocenters. The number of halogens is 2. The summed E-state index contributed by atoms with van der Waals surface area (Å²) >= 11 is 3.48. The molecule has 0 amide bonds. The van der Waals surface area contributed by atoms with Crippen molar-refractivity contribution in [3.63, 3.8) is 0 Å². The minimum atomic E-state index is 0. The van der Waals surface area contributed by atoms with Gasteiger partial charge in [-0.15, -0.1) is 24.0 Å². The van der Waals surface area contributed by atoms with Crippen LogP contribution in [0.15, 0.2) is 33.7 Å². The first-order valence-electron chi connectivity index (χ1n) is 9.23. The maximum absolute atomic E-state index is 5.39. The van der Waals surface area contributed by atoms with Crippen molar-refractivity contribution in [1.82, 2.24) is 15.1 Å². The first-order chi connectivity index (χ1) is 12.2. The van der Waals surface area contributed by atoms with Crippen LogP contribution in [0.3, 0.4) is 0 Å².